The Morgan fingerprint density at radius 1 is 1.50 bits per heavy atom. The molecule has 0 aromatic carbocycles. The number of hydrogen-bond donors (Lipinski definition) is 1. The summed E-state index contributed by atoms with van der Waals surface area (Å²) in [4.78, 5) is 18.5. The molecule has 0 saturated carbocycles. The lowest BCUT2D eigenvalue weighted by molar-refractivity contribution is -0.137. The van der Waals surface area contributed by atoms with Crippen molar-refractivity contribution in [2.45, 2.75) is 39.3 Å². The fourth-order valence-corrected chi connectivity index (χ4v) is 4.31. The summed E-state index contributed by atoms with van der Waals surface area (Å²) in [5, 5.41) is 2.13. The first-order valence-electron chi connectivity index (χ1n) is 7.80. The Morgan fingerprint density at radius 2 is 2.27 bits per heavy atom. The Balaban J connectivity index is 0.00000176. The zero-order valence-electron chi connectivity index (χ0n) is 13.4. The molecule has 22 heavy (non-hydrogen) atoms. The highest BCUT2D eigenvalue weighted by atomic mass is 35.5. The summed E-state index contributed by atoms with van der Waals surface area (Å²) in [6.07, 6.45) is 2.10. The van der Waals surface area contributed by atoms with Crippen molar-refractivity contribution in [1.29, 1.82) is 0 Å². The summed E-state index contributed by atoms with van der Waals surface area (Å²) < 4.78 is 0. The lowest BCUT2D eigenvalue weighted by atomic mass is 9.90. The molecule has 1 amide bonds. The van der Waals surface area contributed by atoms with Crippen LogP contribution in [0.15, 0.2) is 11.4 Å². The fraction of sp³-hybridized carbons (Fsp3) is 0.688. The SMILES string of the molecule is CC(C(=O)N1CCc2sccc2C1)N1CCC(C)(CN)C1.Cl. The van der Waals surface area contributed by atoms with Gasteiger partial charge in [0.1, 0.15) is 0 Å². The number of nitrogens with two attached hydrogens (primary N) is 1. The van der Waals surface area contributed by atoms with Crippen LogP contribution in [0.1, 0.15) is 30.7 Å². The Labute approximate surface area is 143 Å². The zero-order valence-corrected chi connectivity index (χ0v) is 15.0. The minimum atomic E-state index is -0.0291. The average molecular weight is 344 g/mol. The third-order valence-electron chi connectivity index (χ3n) is 5.10. The van der Waals surface area contributed by atoms with Gasteiger partial charge in [-0.25, -0.2) is 0 Å². The van der Waals surface area contributed by atoms with E-state index in [1.54, 1.807) is 0 Å². The third-order valence-corrected chi connectivity index (χ3v) is 6.13. The van der Waals surface area contributed by atoms with E-state index in [-0.39, 0.29) is 29.8 Å². The van der Waals surface area contributed by atoms with Crippen LogP contribution in [0.25, 0.3) is 0 Å². The maximum Gasteiger partial charge on any atom is 0.239 e. The van der Waals surface area contributed by atoms with E-state index in [4.69, 9.17) is 5.73 Å². The molecule has 0 radical (unpaired) electrons. The molecular weight excluding hydrogens is 318 g/mol. The van der Waals surface area contributed by atoms with Gasteiger partial charge < -0.3 is 10.6 Å². The lowest BCUT2D eigenvalue weighted by Gasteiger charge is -2.33. The summed E-state index contributed by atoms with van der Waals surface area (Å²) in [7, 11) is 0. The predicted molar refractivity (Wildman–Crippen MR) is 93.5 cm³/mol. The molecule has 4 nitrogen and oxygen atoms in total. The standard InChI is InChI=1S/C16H25N3OS.ClH/c1-12(19-7-5-16(2,10-17)11-19)15(20)18-6-3-14-13(9-18)4-8-21-14;/h4,8,12H,3,5-7,9-11,17H2,1-2H3;1H. The van der Waals surface area contributed by atoms with Crippen molar-refractivity contribution in [3.63, 3.8) is 0 Å². The maximum absolute atomic E-state index is 12.8. The quantitative estimate of drug-likeness (QED) is 0.914. The van der Waals surface area contributed by atoms with Crippen LogP contribution in [0.3, 0.4) is 0 Å². The van der Waals surface area contributed by atoms with Crippen LogP contribution in [0.5, 0.6) is 0 Å². The van der Waals surface area contributed by atoms with E-state index < -0.39 is 0 Å². The summed E-state index contributed by atoms with van der Waals surface area (Å²) in [5.74, 6) is 0.271. The van der Waals surface area contributed by atoms with E-state index in [9.17, 15) is 4.79 Å². The van der Waals surface area contributed by atoms with Crippen molar-refractivity contribution in [2.75, 3.05) is 26.2 Å². The van der Waals surface area contributed by atoms with Gasteiger partial charge in [-0.1, -0.05) is 6.92 Å². The molecule has 0 spiro atoms. The summed E-state index contributed by atoms with van der Waals surface area (Å²) in [6.45, 7) is 8.54. The molecule has 2 N–H and O–H groups in total. The number of nitrogens with zero attached hydrogens (tertiary/aromatic N) is 2. The second-order valence-corrected chi connectivity index (χ2v) is 7.79. The van der Waals surface area contributed by atoms with Crippen molar-refractivity contribution in [2.24, 2.45) is 11.1 Å². The molecule has 124 valence electrons. The number of amides is 1. The van der Waals surface area contributed by atoms with Crippen LogP contribution < -0.4 is 5.73 Å². The van der Waals surface area contributed by atoms with Crippen molar-refractivity contribution in [3.8, 4) is 0 Å². The summed E-state index contributed by atoms with van der Waals surface area (Å²) in [5.41, 5.74) is 7.38. The second kappa shape index (κ2) is 6.87. The largest absolute Gasteiger partial charge is 0.337 e. The number of carbonyl (C=O) groups is 1. The first kappa shape index (κ1) is 17.7. The van der Waals surface area contributed by atoms with Gasteiger partial charge in [-0.05, 0) is 55.3 Å². The van der Waals surface area contributed by atoms with Gasteiger partial charge in [-0.3, -0.25) is 9.69 Å². The molecule has 2 unspecified atom stereocenters. The molecule has 1 fully saturated rings. The number of halogens is 1. The van der Waals surface area contributed by atoms with Crippen LogP contribution in [0.2, 0.25) is 0 Å². The molecule has 1 aromatic heterocycles. The van der Waals surface area contributed by atoms with E-state index in [1.165, 1.54) is 10.4 Å². The van der Waals surface area contributed by atoms with E-state index in [0.29, 0.717) is 6.54 Å². The van der Waals surface area contributed by atoms with E-state index in [1.807, 2.05) is 23.2 Å². The summed E-state index contributed by atoms with van der Waals surface area (Å²) in [6, 6.07) is 2.13. The van der Waals surface area contributed by atoms with Crippen LogP contribution >= 0.6 is 23.7 Å². The first-order chi connectivity index (χ1) is 10.0. The predicted octanol–water partition coefficient (Wildman–Crippen LogP) is 2.11. The molecule has 0 bridgehead atoms. The van der Waals surface area contributed by atoms with E-state index in [2.05, 4.69) is 23.3 Å². The van der Waals surface area contributed by atoms with Crippen molar-refractivity contribution >= 4 is 29.7 Å². The molecule has 1 aromatic rings. The summed E-state index contributed by atoms with van der Waals surface area (Å²) >= 11 is 1.81. The number of fused-ring (bicyclic) bond motifs is 1. The molecule has 0 aliphatic carbocycles. The van der Waals surface area contributed by atoms with Crippen LogP contribution in [-0.2, 0) is 17.8 Å². The van der Waals surface area contributed by atoms with E-state index >= 15 is 0 Å². The highest BCUT2D eigenvalue weighted by Gasteiger charge is 2.38. The number of likely N-dealkylation sites (tertiary alicyclic amines) is 1. The Bertz CT molecular complexity index is 535. The molecule has 1 saturated heterocycles. The molecule has 2 atom stereocenters. The number of thiophene rings is 1. The average Bonchev–Trinajstić information content (AvgIpc) is 3.12. The Kier molecular flexibility index (Phi) is 5.54. The second-order valence-electron chi connectivity index (χ2n) is 6.79. The molecule has 6 heteroatoms. The third kappa shape index (κ3) is 3.32. The smallest absolute Gasteiger partial charge is 0.239 e. The lowest BCUT2D eigenvalue weighted by Crippen LogP contribution is -2.48. The van der Waals surface area contributed by atoms with Crippen molar-refractivity contribution in [1.82, 2.24) is 9.80 Å². The first-order valence-corrected chi connectivity index (χ1v) is 8.68. The highest BCUT2D eigenvalue weighted by Crippen LogP contribution is 2.31. The monoisotopic (exact) mass is 343 g/mol. The molecule has 3 rings (SSSR count). The van der Waals surface area contributed by atoms with E-state index in [0.717, 1.165) is 39.0 Å². The molecule has 2 aliphatic heterocycles. The van der Waals surface area contributed by atoms with Gasteiger partial charge in [0.05, 0.1) is 6.04 Å². The van der Waals surface area contributed by atoms with Crippen LogP contribution in [0.4, 0.5) is 0 Å². The minimum Gasteiger partial charge on any atom is -0.337 e. The van der Waals surface area contributed by atoms with Gasteiger partial charge in [0, 0.05) is 24.5 Å². The van der Waals surface area contributed by atoms with Gasteiger partial charge >= 0.3 is 0 Å². The van der Waals surface area contributed by atoms with Crippen molar-refractivity contribution in [3.05, 3.63) is 21.9 Å². The number of carbonyl (C=O) groups excluding carboxylic acids is 1. The molecule has 3 heterocycles. The van der Waals surface area contributed by atoms with Gasteiger partial charge in [0.2, 0.25) is 5.91 Å². The molecular formula is C16H26ClN3OS. The fourth-order valence-electron chi connectivity index (χ4n) is 3.42. The van der Waals surface area contributed by atoms with Crippen LogP contribution in [-0.4, -0.2) is 47.9 Å². The van der Waals surface area contributed by atoms with Crippen molar-refractivity contribution < 1.29 is 4.79 Å². The Morgan fingerprint density at radius 3 is 2.95 bits per heavy atom. The highest BCUT2D eigenvalue weighted by molar-refractivity contribution is 7.10. The Hall–Kier alpha value is -0.620. The van der Waals surface area contributed by atoms with Gasteiger partial charge in [0.25, 0.3) is 0 Å². The van der Waals surface area contributed by atoms with Gasteiger partial charge in [0.15, 0.2) is 0 Å². The minimum absolute atomic E-state index is 0. The number of rotatable bonds is 3. The van der Waals surface area contributed by atoms with Gasteiger partial charge in [-0.15, -0.1) is 23.7 Å². The van der Waals surface area contributed by atoms with Gasteiger partial charge in [-0.2, -0.15) is 0 Å². The maximum atomic E-state index is 12.8. The zero-order chi connectivity index (χ0) is 15.0. The number of hydrogen-bond acceptors (Lipinski definition) is 4. The topological polar surface area (TPSA) is 49.6 Å². The molecule has 2 aliphatic rings. The normalized spacial score (nSPS) is 26.4. The van der Waals surface area contributed by atoms with Crippen LogP contribution in [0, 0.1) is 5.41 Å².